The van der Waals surface area contributed by atoms with Crippen LogP contribution in [0.2, 0.25) is 0 Å². The molecule has 0 amide bonds. The number of nitrogens with zero attached hydrogens (tertiary/aromatic N) is 1. The van der Waals surface area contributed by atoms with Crippen molar-refractivity contribution >= 4 is 0 Å². The molecule has 2 aliphatic rings. The molecule has 0 aromatic carbocycles. The summed E-state index contributed by atoms with van der Waals surface area (Å²) in [5.41, 5.74) is 0.933. The fourth-order valence-corrected chi connectivity index (χ4v) is 4.31. The highest BCUT2D eigenvalue weighted by atomic mass is 15.3. The standard InChI is InChI=1S/C17H34N2/c1-8-9-13-11-19(14(10-18-13)12(2)3)15-16(4,5)17(15,6)7/h12-15,18H,8-11H2,1-7H3. The Balaban J connectivity index is 2.14. The molecule has 0 aromatic heterocycles. The second-order valence-corrected chi connectivity index (χ2v) is 8.25. The first-order valence-corrected chi connectivity index (χ1v) is 8.22. The summed E-state index contributed by atoms with van der Waals surface area (Å²) in [7, 11) is 0. The van der Waals surface area contributed by atoms with Crippen molar-refractivity contribution < 1.29 is 0 Å². The lowest BCUT2D eigenvalue weighted by atomic mass is 9.96. The summed E-state index contributed by atoms with van der Waals surface area (Å²) >= 11 is 0. The van der Waals surface area contributed by atoms with E-state index in [0.717, 1.165) is 12.0 Å². The van der Waals surface area contributed by atoms with Gasteiger partial charge in [-0.2, -0.15) is 0 Å². The van der Waals surface area contributed by atoms with Crippen molar-refractivity contribution in [1.29, 1.82) is 0 Å². The minimum atomic E-state index is 0.467. The van der Waals surface area contributed by atoms with Gasteiger partial charge in [-0.25, -0.2) is 0 Å². The highest BCUT2D eigenvalue weighted by molar-refractivity contribution is 5.20. The third-order valence-corrected chi connectivity index (χ3v) is 6.16. The smallest absolute Gasteiger partial charge is 0.0247 e. The van der Waals surface area contributed by atoms with E-state index in [0.29, 0.717) is 22.9 Å². The summed E-state index contributed by atoms with van der Waals surface area (Å²) in [5, 5.41) is 3.78. The number of piperazine rings is 1. The maximum absolute atomic E-state index is 3.78. The predicted molar refractivity (Wildman–Crippen MR) is 83.4 cm³/mol. The van der Waals surface area contributed by atoms with Crippen LogP contribution >= 0.6 is 0 Å². The molecule has 1 aliphatic heterocycles. The molecule has 1 heterocycles. The van der Waals surface area contributed by atoms with Gasteiger partial charge in [-0.1, -0.05) is 54.9 Å². The number of hydrogen-bond donors (Lipinski definition) is 1. The predicted octanol–water partition coefficient (Wildman–Crippen LogP) is 3.52. The van der Waals surface area contributed by atoms with E-state index in [-0.39, 0.29) is 0 Å². The minimum Gasteiger partial charge on any atom is -0.311 e. The van der Waals surface area contributed by atoms with E-state index in [1.807, 2.05) is 0 Å². The van der Waals surface area contributed by atoms with Gasteiger partial charge in [0.25, 0.3) is 0 Å². The topological polar surface area (TPSA) is 15.3 Å². The van der Waals surface area contributed by atoms with Crippen LogP contribution in [-0.2, 0) is 0 Å². The van der Waals surface area contributed by atoms with Gasteiger partial charge in [0.15, 0.2) is 0 Å². The fraction of sp³-hybridized carbons (Fsp3) is 1.00. The summed E-state index contributed by atoms with van der Waals surface area (Å²) in [6.07, 6.45) is 2.60. The van der Waals surface area contributed by atoms with Crippen molar-refractivity contribution in [3.8, 4) is 0 Å². The normalized spacial score (nSPS) is 34.7. The van der Waals surface area contributed by atoms with Gasteiger partial charge in [0.1, 0.15) is 0 Å². The lowest BCUT2D eigenvalue weighted by Crippen LogP contribution is -2.59. The third kappa shape index (κ3) is 2.47. The molecule has 1 saturated carbocycles. The van der Waals surface area contributed by atoms with Crippen molar-refractivity contribution in [2.75, 3.05) is 13.1 Å². The van der Waals surface area contributed by atoms with Crippen LogP contribution in [0.5, 0.6) is 0 Å². The van der Waals surface area contributed by atoms with Crippen LogP contribution < -0.4 is 5.32 Å². The van der Waals surface area contributed by atoms with E-state index in [9.17, 15) is 0 Å². The number of hydrogen-bond acceptors (Lipinski definition) is 2. The zero-order chi connectivity index (χ0) is 14.4. The zero-order valence-electron chi connectivity index (χ0n) is 14.1. The summed E-state index contributed by atoms with van der Waals surface area (Å²) in [6, 6.07) is 2.17. The second kappa shape index (κ2) is 5.04. The van der Waals surface area contributed by atoms with Crippen molar-refractivity contribution in [2.45, 2.75) is 79.4 Å². The Morgan fingerprint density at radius 3 is 2.16 bits per heavy atom. The van der Waals surface area contributed by atoms with Crippen molar-refractivity contribution in [3.63, 3.8) is 0 Å². The first-order chi connectivity index (χ1) is 8.73. The van der Waals surface area contributed by atoms with Crippen molar-refractivity contribution in [2.24, 2.45) is 16.7 Å². The van der Waals surface area contributed by atoms with Crippen molar-refractivity contribution in [3.05, 3.63) is 0 Å². The largest absolute Gasteiger partial charge is 0.311 e. The lowest BCUT2D eigenvalue weighted by molar-refractivity contribution is 0.0704. The highest BCUT2D eigenvalue weighted by Crippen LogP contribution is 2.65. The molecule has 0 aromatic rings. The number of nitrogens with one attached hydrogen (secondary N) is 1. The molecule has 0 bridgehead atoms. The van der Waals surface area contributed by atoms with Crippen LogP contribution in [0.1, 0.15) is 61.3 Å². The van der Waals surface area contributed by atoms with E-state index in [2.05, 4.69) is 58.7 Å². The summed E-state index contributed by atoms with van der Waals surface area (Å²) in [6.45, 7) is 19.3. The molecule has 1 N–H and O–H groups in total. The van der Waals surface area contributed by atoms with Gasteiger partial charge in [-0.15, -0.1) is 0 Å². The zero-order valence-corrected chi connectivity index (χ0v) is 14.1. The van der Waals surface area contributed by atoms with Gasteiger partial charge in [-0.3, -0.25) is 4.90 Å². The van der Waals surface area contributed by atoms with Gasteiger partial charge in [0.05, 0.1) is 0 Å². The molecular weight excluding hydrogens is 232 g/mol. The van der Waals surface area contributed by atoms with Gasteiger partial charge in [0, 0.05) is 31.2 Å². The maximum atomic E-state index is 3.78. The summed E-state index contributed by atoms with van der Waals surface area (Å²) in [4.78, 5) is 2.85. The van der Waals surface area contributed by atoms with Crippen molar-refractivity contribution in [1.82, 2.24) is 10.2 Å². The highest BCUT2D eigenvalue weighted by Gasteiger charge is 2.68. The van der Waals surface area contributed by atoms with Gasteiger partial charge in [0.2, 0.25) is 0 Å². The quantitative estimate of drug-likeness (QED) is 0.837. The Bertz CT molecular complexity index is 305. The van der Waals surface area contributed by atoms with Crippen LogP contribution in [0.4, 0.5) is 0 Å². The number of rotatable bonds is 4. The molecule has 1 aliphatic carbocycles. The molecule has 112 valence electrons. The first kappa shape index (κ1) is 15.3. The minimum absolute atomic E-state index is 0.467. The Morgan fingerprint density at radius 2 is 1.74 bits per heavy atom. The summed E-state index contributed by atoms with van der Waals surface area (Å²) in [5.74, 6) is 0.738. The molecule has 2 fully saturated rings. The first-order valence-electron chi connectivity index (χ1n) is 8.22. The van der Waals surface area contributed by atoms with Crippen LogP contribution in [0.25, 0.3) is 0 Å². The van der Waals surface area contributed by atoms with Gasteiger partial charge in [-0.05, 0) is 23.2 Å². The molecule has 2 nitrogen and oxygen atoms in total. The van der Waals surface area contributed by atoms with Gasteiger partial charge < -0.3 is 5.32 Å². The molecule has 0 radical (unpaired) electrons. The molecule has 19 heavy (non-hydrogen) atoms. The van der Waals surface area contributed by atoms with Crippen LogP contribution in [0.15, 0.2) is 0 Å². The van der Waals surface area contributed by atoms with Gasteiger partial charge >= 0.3 is 0 Å². The Labute approximate surface area is 120 Å². The molecular formula is C17H34N2. The molecule has 2 atom stereocenters. The Kier molecular flexibility index (Phi) is 4.06. The lowest BCUT2D eigenvalue weighted by Gasteiger charge is -2.44. The monoisotopic (exact) mass is 266 g/mol. The third-order valence-electron chi connectivity index (χ3n) is 6.16. The fourth-order valence-electron chi connectivity index (χ4n) is 4.31. The van der Waals surface area contributed by atoms with Crippen LogP contribution in [0.3, 0.4) is 0 Å². The van der Waals surface area contributed by atoms with E-state index >= 15 is 0 Å². The average Bonchev–Trinajstić information content (AvgIpc) is 2.69. The van der Waals surface area contributed by atoms with E-state index in [1.54, 1.807) is 0 Å². The SMILES string of the molecule is CCCC1CN(C2C(C)(C)C2(C)C)C(C(C)C)CN1. The molecule has 2 heteroatoms. The maximum Gasteiger partial charge on any atom is 0.0247 e. The Morgan fingerprint density at radius 1 is 1.16 bits per heavy atom. The van der Waals surface area contributed by atoms with E-state index in [4.69, 9.17) is 0 Å². The molecule has 2 rings (SSSR count). The molecule has 0 spiro atoms. The van der Waals surface area contributed by atoms with E-state index in [1.165, 1.54) is 25.9 Å². The molecule has 1 saturated heterocycles. The van der Waals surface area contributed by atoms with Crippen LogP contribution in [0, 0.1) is 16.7 Å². The summed E-state index contributed by atoms with van der Waals surface area (Å²) < 4.78 is 0. The molecule has 2 unspecified atom stereocenters. The second-order valence-electron chi connectivity index (χ2n) is 8.25. The van der Waals surface area contributed by atoms with E-state index < -0.39 is 0 Å². The Hall–Kier alpha value is -0.0800. The average molecular weight is 266 g/mol. The van der Waals surface area contributed by atoms with Crippen LogP contribution in [-0.4, -0.2) is 36.1 Å².